The summed E-state index contributed by atoms with van der Waals surface area (Å²) in [7, 11) is 1.67. The Morgan fingerprint density at radius 3 is 2.71 bits per heavy atom. The standard InChI is InChI=1S/C17H11ClFN3O2/c1-20-16-14-13(8-12(18)11-6-7-24-15(11)14)22(17(23)21-16)10-4-2-9(19)3-5-10/h2-8H,1H3,(H,20,21,23). The van der Waals surface area contributed by atoms with E-state index in [1.807, 2.05) is 0 Å². The van der Waals surface area contributed by atoms with Crippen LogP contribution >= 0.6 is 11.6 Å². The quantitative estimate of drug-likeness (QED) is 0.598. The molecule has 0 amide bonds. The highest BCUT2D eigenvalue weighted by molar-refractivity contribution is 6.37. The van der Waals surface area contributed by atoms with Gasteiger partial charge in [0.15, 0.2) is 0 Å². The molecule has 0 radical (unpaired) electrons. The van der Waals surface area contributed by atoms with Crippen molar-refractivity contribution in [2.45, 2.75) is 0 Å². The van der Waals surface area contributed by atoms with Gasteiger partial charge in [-0.15, -0.1) is 0 Å². The molecule has 2 aromatic heterocycles. The van der Waals surface area contributed by atoms with Crippen LogP contribution in [0.2, 0.25) is 5.02 Å². The first kappa shape index (κ1) is 14.7. The smallest absolute Gasteiger partial charge is 0.354 e. The van der Waals surface area contributed by atoms with Crippen LogP contribution in [-0.4, -0.2) is 16.6 Å². The second-order valence-electron chi connectivity index (χ2n) is 5.22. The van der Waals surface area contributed by atoms with Crippen LogP contribution in [0.4, 0.5) is 10.2 Å². The van der Waals surface area contributed by atoms with Crippen molar-refractivity contribution in [3.8, 4) is 5.69 Å². The van der Waals surface area contributed by atoms with Gasteiger partial charge in [0.05, 0.1) is 27.9 Å². The van der Waals surface area contributed by atoms with Crippen LogP contribution in [0.1, 0.15) is 0 Å². The minimum absolute atomic E-state index is 0.387. The summed E-state index contributed by atoms with van der Waals surface area (Å²) in [6.45, 7) is 0. The molecule has 0 unspecified atom stereocenters. The molecule has 0 atom stereocenters. The van der Waals surface area contributed by atoms with Crippen molar-refractivity contribution in [2.75, 3.05) is 12.4 Å². The van der Waals surface area contributed by atoms with Crippen molar-refractivity contribution in [1.29, 1.82) is 0 Å². The topological polar surface area (TPSA) is 60.1 Å². The summed E-state index contributed by atoms with van der Waals surface area (Å²) in [5, 5.41) is 4.72. The van der Waals surface area contributed by atoms with Gasteiger partial charge in [-0.1, -0.05) is 11.6 Å². The number of hydrogen-bond donors (Lipinski definition) is 1. The van der Waals surface area contributed by atoms with Crippen LogP contribution in [0, 0.1) is 5.82 Å². The lowest BCUT2D eigenvalue weighted by molar-refractivity contribution is 0.619. The summed E-state index contributed by atoms with van der Waals surface area (Å²) in [5.41, 5.74) is 1.05. The van der Waals surface area contributed by atoms with Gasteiger partial charge in [0, 0.05) is 12.4 Å². The molecule has 0 bridgehead atoms. The minimum atomic E-state index is -0.500. The molecular formula is C17H11ClFN3O2. The molecule has 0 saturated heterocycles. The maximum atomic E-state index is 13.2. The third-order valence-corrected chi connectivity index (χ3v) is 4.18. The first-order valence-electron chi connectivity index (χ1n) is 7.16. The Labute approximate surface area is 140 Å². The second-order valence-corrected chi connectivity index (χ2v) is 5.63. The number of anilines is 1. The third-order valence-electron chi connectivity index (χ3n) is 3.87. The van der Waals surface area contributed by atoms with E-state index in [1.165, 1.54) is 35.1 Å². The van der Waals surface area contributed by atoms with Crippen molar-refractivity contribution in [3.05, 3.63) is 64.0 Å². The van der Waals surface area contributed by atoms with E-state index in [2.05, 4.69) is 10.3 Å². The van der Waals surface area contributed by atoms with Crippen molar-refractivity contribution in [3.63, 3.8) is 0 Å². The summed E-state index contributed by atoms with van der Waals surface area (Å²) >= 11 is 6.33. The van der Waals surface area contributed by atoms with Gasteiger partial charge >= 0.3 is 5.69 Å². The summed E-state index contributed by atoms with van der Waals surface area (Å²) in [6.07, 6.45) is 1.53. The highest BCUT2D eigenvalue weighted by atomic mass is 35.5. The number of rotatable bonds is 2. The van der Waals surface area contributed by atoms with Crippen LogP contribution in [0.25, 0.3) is 27.6 Å². The molecule has 2 aromatic carbocycles. The van der Waals surface area contributed by atoms with E-state index < -0.39 is 5.69 Å². The Hall–Kier alpha value is -2.86. The molecule has 0 fully saturated rings. The normalized spacial score (nSPS) is 11.3. The number of halogens is 2. The fraction of sp³-hybridized carbons (Fsp3) is 0.0588. The number of benzene rings is 2. The van der Waals surface area contributed by atoms with Crippen LogP contribution in [-0.2, 0) is 0 Å². The molecule has 5 nitrogen and oxygen atoms in total. The summed E-state index contributed by atoms with van der Waals surface area (Å²) < 4.78 is 20.2. The lowest BCUT2D eigenvalue weighted by Gasteiger charge is -2.13. The largest absolute Gasteiger partial charge is 0.463 e. The fourth-order valence-electron chi connectivity index (χ4n) is 2.81. The van der Waals surface area contributed by atoms with Gasteiger partial charge < -0.3 is 9.73 Å². The van der Waals surface area contributed by atoms with E-state index in [4.69, 9.17) is 16.0 Å². The fourth-order valence-corrected chi connectivity index (χ4v) is 3.06. The van der Waals surface area contributed by atoms with Gasteiger partial charge in [0.2, 0.25) is 0 Å². The highest BCUT2D eigenvalue weighted by Crippen LogP contribution is 2.35. The van der Waals surface area contributed by atoms with Gasteiger partial charge in [0.25, 0.3) is 0 Å². The number of furan rings is 1. The molecule has 24 heavy (non-hydrogen) atoms. The predicted octanol–water partition coefficient (Wildman–Crippen LogP) is 3.97. The molecule has 4 aromatic rings. The average Bonchev–Trinajstić information content (AvgIpc) is 3.05. The second kappa shape index (κ2) is 5.35. The van der Waals surface area contributed by atoms with E-state index in [1.54, 1.807) is 19.2 Å². The Bertz CT molecular complexity index is 1130. The number of nitrogens with one attached hydrogen (secondary N) is 1. The molecule has 7 heteroatoms. The minimum Gasteiger partial charge on any atom is -0.463 e. The summed E-state index contributed by atoms with van der Waals surface area (Å²) in [4.78, 5) is 16.6. The molecule has 0 aliphatic heterocycles. The Morgan fingerprint density at radius 2 is 2.00 bits per heavy atom. The molecule has 0 spiro atoms. The van der Waals surface area contributed by atoms with Crippen LogP contribution in [0.15, 0.2) is 51.9 Å². The van der Waals surface area contributed by atoms with Crippen LogP contribution in [0.5, 0.6) is 0 Å². The van der Waals surface area contributed by atoms with E-state index in [-0.39, 0.29) is 5.82 Å². The maximum absolute atomic E-state index is 13.2. The van der Waals surface area contributed by atoms with Gasteiger partial charge in [-0.2, -0.15) is 4.98 Å². The van der Waals surface area contributed by atoms with Gasteiger partial charge in [0.1, 0.15) is 17.2 Å². The van der Waals surface area contributed by atoms with Gasteiger partial charge in [-0.25, -0.2) is 9.18 Å². The zero-order valence-electron chi connectivity index (χ0n) is 12.5. The van der Waals surface area contributed by atoms with E-state index in [0.717, 1.165) is 5.39 Å². The molecule has 2 heterocycles. The van der Waals surface area contributed by atoms with Gasteiger partial charge in [-0.05, 0) is 36.4 Å². The zero-order valence-corrected chi connectivity index (χ0v) is 13.3. The van der Waals surface area contributed by atoms with Crippen LogP contribution in [0.3, 0.4) is 0 Å². The van der Waals surface area contributed by atoms with E-state index >= 15 is 0 Å². The first-order chi connectivity index (χ1) is 11.6. The van der Waals surface area contributed by atoms with Crippen molar-refractivity contribution in [2.24, 2.45) is 0 Å². The SMILES string of the molecule is CNc1nc(=O)n(-c2ccc(F)cc2)c2cc(Cl)c3ccoc3c12. The summed E-state index contributed by atoms with van der Waals surface area (Å²) in [6, 6.07) is 9.03. The molecular weight excluding hydrogens is 333 g/mol. The van der Waals surface area contributed by atoms with Crippen molar-refractivity contribution >= 4 is 39.3 Å². The number of nitrogens with zero attached hydrogens (tertiary/aromatic N) is 2. The molecule has 0 aliphatic rings. The molecule has 0 saturated carbocycles. The van der Waals surface area contributed by atoms with Crippen LogP contribution < -0.4 is 11.0 Å². The Morgan fingerprint density at radius 1 is 1.25 bits per heavy atom. The third kappa shape index (κ3) is 2.07. The molecule has 1 N–H and O–H groups in total. The monoisotopic (exact) mass is 343 g/mol. The Kier molecular flexibility index (Phi) is 3.28. The highest BCUT2D eigenvalue weighted by Gasteiger charge is 2.18. The lowest BCUT2D eigenvalue weighted by Crippen LogP contribution is -2.23. The Balaban J connectivity index is 2.22. The lowest BCUT2D eigenvalue weighted by atomic mass is 10.1. The molecule has 4 rings (SSSR count). The maximum Gasteiger partial charge on any atom is 0.354 e. The van der Waals surface area contributed by atoms with Crippen molar-refractivity contribution in [1.82, 2.24) is 9.55 Å². The number of hydrogen-bond acceptors (Lipinski definition) is 4. The molecule has 0 aliphatic carbocycles. The number of fused-ring (bicyclic) bond motifs is 3. The molecule has 120 valence electrons. The predicted molar refractivity (Wildman–Crippen MR) is 91.6 cm³/mol. The zero-order chi connectivity index (χ0) is 16.8. The van der Waals surface area contributed by atoms with E-state index in [9.17, 15) is 9.18 Å². The summed E-state index contributed by atoms with van der Waals surface area (Å²) in [5.74, 6) is 0.00680. The van der Waals surface area contributed by atoms with E-state index in [0.29, 0.717) is 33.0 Å². The van der Waals surface area contributed by atoms with Crippen molar-refractivity contribution < 1.29 is 8.81 Å². The number of aromatic nitrogens is 2. The first-order valence-corrected chi connectivity index (χ1v) is 7.54. The average molecular weight is 344 g/mol. The van der Waals surface area contributed by atoms with Gasteiger partial charge in [-0.3, -0.25) is 4.57 Å².